The summed E-state index contributed by atoms with van der Waals surface area (Å²) in [7, 11) is 0. The number of nitrogens with one attached hydrogen (secondary N) is 1. The monoisotopic (exact) mass is 355 g/mol. The number of rotatable bonds is 5. The number of hydrogen-bond acceptors (Lipinski definition) is 8. The van der Waals surface area contributed by atoms with Crippen LogP contribution in [0.5, 0.6) is 0 Å². The summed E-state index contributed by atoms with van der Waals surface area (Å²) < 4.78 is 7.34. The van der Waals surface area contributed by atoms with Crippen molar-refractivity contribution < 1.29 is 9.84 Å². The molecule has 26 heavy (non-hydrogen) atoms. The van der Waals surface area contributed by atoms with Crippen molar-refractivity contribution >= 4 is 22.9 Å². The lowest BCUT2D eigenvalue weighted by Gasteiger charge is -2.27. The Labute approximate surface area is 150 Å². The third-order valence-corrected chi connectivity index (χ3v) is 4.23. The van der Waals surface area contributed by atoms with E-state index in [4.69, 9.17) is 9.84 Å². The van der Waals surface area contributed by atoms with Crippen LogP contribution in [-0.4, -0.2) is 69.1 Å². The van der Waals surface area contributed by atoms with Gasteiger partial charge < -0.3 is 20.1 Å². The Bertz CT molecular complexity index is 905. The number of benzene rings is 1. The van der Waals surface area contributed by atoms with Crippen LogP contribution in [0.4, 0.5) is 11.9 Å². The van der Waals surface area contributed by atoms with E-state index in [1.54, 1.807) is 0 Å². The first kappa shape index (κ1) is 16.7. The molecule has 4 rings (SSSR count). The van der Waals surface area contributed by atoms with Gasteiger partial charge in [0.2, 0.25) is 17.8 Å². The largest absolute Gasteiger partial charge is 0.395 e. The third kappa shape index (κ3) is 3.18. The molecule has 9 nitrogen and oxygen atoms in total. The van der Waals surface area contributed by atoms with Crippen molar-refractivity contribution in [1.82, 2.24) is 24.5 Å². The molecule has 2 aromatic heterocycles. The van der Waals surface area contributed by atoms with Gasteiger partial charge in [-0.3, -0.25) is 4.57 Å². The number of imidazole rings is 1. The van der Waals surface area contributed by atoms with Gasteiger partial charge in [-0.25, -0.2) is 4.98 Å². The molecule has 1 fully saturated rings. The van der Waals surface area contributed by atoms with Gasteiger partial charge in [0.05, 0.1) is 30.9 Å². The van der Waals surface area contributed by atoms with Gasteiger partial charge in [-0.15, -0.1) is 0 Å². The summed E-state index contributed by atoms with van der Waals surface area (Å²) in [6.07, 6.45) is 0. The highest BCUT2D eigenvalue weighted by molar-refractivity contribution is 5.77. The normalized spacial score (nSPS) is 14.8. The highest BCUT2D eigenvalue weighted by Crippen LogP contribution is 2.21. The quantitative estimate of drug-likeness (QED) is 0.692. The van der Waals surface area contributed by atoms with Gasteiger partial charge in [0.25, 0.3) is 0 Å². The number of para-hydroxylation sites is 2. The number of hydrogen-bond donors (Lipinski definition) is 2. The highest BCUT2D eigenvalue weighted by atomic mass is 16.5. The minimum atomic E-state index is 0.000930. The van der Waals surface area contributed by atoms with Crippen molar-refractivity contribution in [2.45, 2.75) is 6.92 Å². The van der Waals surface area contributed by atoms with Crippen molar-refractivity contribution in [3.05, 3.63) is 30.1 Å². The average molecular weight is 355 g/mol. The Morgan fingerprint density at radius 2 is 1.85 bits per heavy atom. The fraction of sp³-hybridized carbons (Fsp3) is 0.412. The Morgan fingerprint density at radius 3 is 2.65 bits per heavy atom. The number of aliphatic hydroxyl groups is 1. The number of anilines is 2. The molecule has 0 bridgehead atoms. The van der Waals surface area contributed by atoms with Crippen molar-refractivity contribution in [2.24, 2.45) is 0 Å². The number of ether oxygens (including phenoxy) is 1. The Balaban J connectivity index is 1.82. The molecule has 0 unspecified atom stereocenters. The first-order valence-corrected chi connectivity index (χ1v) is 8.64. The van der Waals surface area contributed by atoms with Crippen LogP contribution in [-0.2, 0) is 4.74 Å². The number of aliphatic hydroxyl groups excluding tert-OH is 1. The third-order valence-electron chi connectivity index (χ3n) is 4.23. The molecule has 9 heteroatoms. The minimum Gasteiger partial charge on any atom is -0.395 e. The predicted octanol–water partition coefficient (Wildman–Crippen LogP) is 0.760. The topological polar surface area (TPSA) is 101 Å². The fourth-order valence-electron chi connectivity index (χ4n) is 3.00. The van der Waals surface area contributed by atoms with Crippen LogP contribution < -0.4 is 10.2 Å². The van der Waals surface area contributed by atoms with E-state index in [-0.39, 0.29) is 6.61 Å². The standard InChI is InChI=1S/C17H21N7O2/c1-12-19-13-4-2-3-5-14(13)24(12)17-21-15(18-6-9-25)20-16(22-17)23-7-10-26-11-8-23/h2-5,25H,6-11H2,1H3,(H,18,20,21,22). The van der Waals surface area contributed by atoms with Crippen molar-refractivity contribution in [3.63, 3.8) is 0 Å². The lowest BCUT2D eigenvalue weighted by Crippen LogP contribution is -2.37. The van der Waals surface area contributed by atoms with Crippen LogP contribution in [0, 0.1) is 6.92 Å². The second-order valence-corrected chi connectivity index (χ2v) is 5.99. The van der Waals surface area contributed by atoms with Gasteiger partial charge in [-0.2, -0.15) is 15.0 Å². The molecular formula is C17H21N7O2. The van der Waals surface area contributed by atoms with Crippen LogP contribution in [0.1, 0.15) is 5.82 Å². The zero-order chi connectivity index (χ0) is 17.9. The maximum absolute atomic E-state index is 9.11. The van der Waals surface area contributed by atoms with Crippen molar-refractivity contribution in [1.29, 1.82) is 0 Å². The predicted molar refractivity (Wildman–Crippen MR) is 97.8 cm³/mol. The van der Waals surface area contributed by atoms with E-state index in [0.717, 1.165) is 29.9 Å². The molecule has 0 radical (unpaired) electrons. The van der Waals surface area contributed by atoms with Crippen LogP contribution >= 0.6 is 0 Å². The molecule has 1 aliphatic rings. The van der Waals surface area contributed by atoms with E-state index in [1.165, 1.54) is 0 Å². The number of aryl methyl sites for hydroxylation is 1. The molecule has 0 aliphatic carbocycles. The summed E-state index contributed by atoms with van der Waals surface area (Å²) in [6, 6.07) is 7.89. The Hall–Kier alpha value is -2.78. The molecule has 0 saturated carbocycles. The summed E-state index contributed by atoms with van der Waals surface area (Å²) in [5, 5.41) is 12.1. The second kappa shape index (κ2) is 7.22. The van der Waals surface area contributed by atoms with Crippen LogP contribution in [0.3, 0.4) is 0 Å². The highest BCUT2D eigenvalue weighted by Gasteiger charge is 2.19. The van der Waals surface area contributed by atoms with E-state index in [2.05, 4.69) is 30.2 Å². The van der Waals surface area contributed by atoms with E-state index in [9.17, 15) is 0 Å². The zero-order valence-corrected chi connectivity index (χ0v) is 14.6. The summed E-state index contributed by atoms with van der Waals surface area (Å²) in [5.41, 5.74) is 1.83. The summed E-state index contributed by atoms with van der Waals surface area (Å²) in [5.74, 6) is 2.34. The molecule has 0 atom stereocenters. The summed E-state index contributed by atoms with van der Waals surface area (Å²) in [6.45, 7) is 5.05. The lowest BCUT2D eigenvalue weighted by molar-refractivity contribution is 0.122. The maximum Gasteiger partial charge on any atom is 0.242 e. The van der Waals surface area contributed by atoms with Crippen LogP contribution in [0.15, 0.2) is 24.3 Å². The minimum absolute atomic E-state index is 0.000930. The van der Waals surface area contributed by atoms with Gasteiger partial charge in [0, 0.05) is 19.6 Å². The molecular weight excluding hydrogens is 334 g/mol. The lowest BCUT2D eigenvalue weighted by atomic mass is 10.3. The van der Waals surface area contributed by atoms with Gasteiger partial charge in [0.1, 0.15) is 5.82 Å². The van der Waals surface area contributed by atoms with E-state index < -0.39 is 0 Å². The first-order valence-electron chi connectivity index (χ1n) is 8.64. The Kier molecular flexibility index (Phi) is 4.63. The van der Waals surface area contributed by atoms with Crippen molar-refractivity contribution in [2.75, 3.05) is 49.7 Å². The number of aromatic nitrogens is 5. The van der Waals surface area contributed by atoms with Crippen LogP contribution in [0.25, 0.3) is 17.0 Å². The molecule has 1 aliphatic heterocycles. The number of nitrogens with zero attached hydrogens (tertiary/aromatic N) is 6. The second-order valence-electron chi connectivity index (χ2n) is 5.99. The van der Waals surface area contributed by atoms with E-state index in [0.29, 0.717) is 37.6 Å². The number of fused-ring (bicyclic) bond motifs is 1. The first-order chi connectivity index (χ1) is 12.8. The molecule has 3 aromatic rings. The molecule has 136 valence electrons. The Morgan fingerprint density at radius 1 is 1.08 bits per heavy atom. The summed E-state index contributed by atoms with van der Waals surface area (Å²) >= 11 is 0. The molecule has 1 aromatic carbocycles. The zero-order valence-electron chi connectivity index (χ0n) is 14.6. The van der Waals surface area contributed by atoms with Gasteiger partial charge >= 0.3 is 0 Å². The maximum atomic E-state index is 9.11. The molecule has 2 N–H and O–H groups in total. The van der Waals surface area contributed by atoms with Gasteiger partial charge in [0.15, 0.2) is 0 Å². The van der Waals surface area contributed by atoms with Crippen molar-refractivity contribution in [3.8, 4) is 5.95 Å². The molecule has 3 heterocycles. The van der Waals surface area contributed by atoms with Crippen LogP contribution in [0.2, 0.25) is 0 Å². The van der Waals surface area contributed by atoms with Gasteiger partial charge in [-0.05, 0) is 19.1 Å². The number of morpholine rings is 1. The van der Waals surface area contributed by atoms with E-state index >= 15 is 0 Å². The average Bonchev–Trinajstić information content (AvgIpc) is 3.02. The molecule has 0 spiro atoms. The SMILES string of the molecule is Cc1nc2ccccc2n1-c1nc(NCCO)nc(N2CCOCC2)n1. The molecule has 1 saturated heterocycles. The smallest absolute Gasteiger partial charge is 0.242 e. The summed E-state index contributed by atoms with van der Waals surface area (Å²) in [4.78, 5) is 20.4. The fourth-order valence-corrected chi connectivity index (χ4v) is 3.00. The van der Waals surface area contributed by atoms with E-state index in [1.807, 2.05) is 35.8 Å². The van der Waals surface area contributed by atoms with Gasteiger partial charge in [-0.1, -0.05) is 12.1 Å². The molecule has 0 amide bonds.